The van der Waals surface area contributed by atoms with E-state index >= 15 is 0 Å². The summed E-state index contributed by atoms with van der Waals surface area (Å²) in [6, 6.07) is 7.16. The molecule has 3 rings (SSSR count). The molecule has 0 spiro atoms. The number of rotatable bonds is 6. The second kappa shape index (κ2) is 8.58. The van der Waals surface area contributed by atoms with E-state index in [-0.39, 0.29) is 11.7 Å². The highest BCUT2D eigenvalue weighted by Crippen LogP contribution is 2.25. The van der Waals surface area contributed by atoms with E-state index < -0.39 is 0 Å². The van der Waals surface area contributed by atoms with Crippen molar-refractivity contribution in [1.29, 1.82) is 0 Å². The first kappa shape index (κ1) is 17.4. The lowest BCUT2D eigenvalue weighted by Gasteiger charge is -2.34. The first-order valence-corrected chi connectivity index (χ1v) is 9.17. The standard InChI is InChI=1S/C19H28FN3O/c20-17-5-3-15(4-6-17)7-11-22-19(24)14-23-12-8-16(9-13-23)18-2-1-10-21-18/h3-6,16,18,21H,1-2,7-14H2,(H,22,24). The van der Waals surface area contributed by atoms with Crippen LogP contribution in [0.1, 0.15) is 31.2 Å². The number of amides is 1. The molecule has 2 heterocycles. The largest absolute Gasteiger partial charge is 0.355 e. The predicted octanol–water partition coefficient (Wildman–Crippen LogP) is 1.95. The highest BCUT2D eigenvalue weighted by Gasteiger charge is 2.28. The number of halogens is 1. The van der Waals surface area contributed by atoms with Crippen molar-refractivity contribution in [3.63, 3.8) is 0 Å². The summed E-state index contributed by atoms with van der Waals surface area (Å²) in [5.74, 6) is 0.652. The Bertz CT molecular complexity index is 520. The molecule has 2 saturated heterocycles. The Kier molecular flexibility index (Phi) is 6.21. The molecule has 1 aromatic carbocycles. The van der Waals surface area contributed by atoms with E-state index in [9.17, 15) is 9.18 Å². The van der Waals surface area contributed by atoms with Gasteiger partial charge in [0.25, 0.3) is 0 Å². The molecule has 2 aliphatic heterocycles. The van der Waals surface area contributed by atoms with Gasteiger partial charge < -0.3 is 10.6 Å². The van der Waals surface area contributed by atoms with Crippen LogP contribution in [0, 0.1) is 11.7 Å². The fourth-order valence-electron chi connectivity index (χ4n) is 3.88. The lowest BCUT2D eigenvalue weighted by Crippen LogP contribution is -2.45. The quantitative estimate of drug-likeness (QED) is 0.836. The summed E-state index contributed by atoms with van der Waals surface area (Å²) in [5.41, 5.74) is 1.04. The molecule has 0 radical (unpaired) electrons. The number of hydrogen-bond donors (Lipinski definition) is 2. The van der Waals surface area contributed by atoms with Gasteiger partial charge in [0.05, 0.1) is 6.54 Å². The summed E-state index contributed by atoms with van der Waals surface area (Å²) in [4.78, 5) is 14.3. The Morgan fingerprint density at radius 3 is 2.62 bits per heavy atom. The average Bonchev–Trinajstić information content (AvgIpc) is 3.12. The molecule has 0 aromatic heterocycles. The number of nitrogens with one attached hydrogen (secondary N) is 2. The van der Waals surface area contributed by atoms with E-state index in [1.54, 1.807) is 12.1 Å². The summed E-state index contributed by atoms with van der Waals surface area (Å²) in [5, 5.41) is 6.58. The molecular weight excluding hydrogens is 305 g/mol. The summed E-state index contributed by atoms with van der Waals surface area (Å²) < 4.78 is 12.8. The van der Waals surface area contributed by atoms with Crippen molar-refractivity contribution in [3.8, 4) is 0 Å². The molecule has 0 saturated carbocycles. The maximum Gasteiger partial charge on any atom is 0.234 e. The van der Waals surface area contributed by atoms with Gasteiger partial charge in [0.1, 0.15) is 5.82 Å². The molecular formula is C19H28FN3O. The molecule has 0 aliphatic carbocycles. The number of nitrogens with zero attached hydrogens (tertiary/aromatic N) is 1. The summed E-state index contributed by atoms with van der Waals surface area (Å²) in [7, 11) is 0. The number of carbonyl (C=O) groups is 1. The van der Waals surface area contributed by atoms with E-state index in [1.165, 1.54) is 44.4 Å². The third-order valence-electron chi connectivity index (χ3n) is 5.32. The van der Waals surface area contributed by atoms with E-state index in [0.29, 0.717) is 19.1 Å². The smallest absolute Gasteiger partial charge is 0.234 e. The van der Waals surface area contributed by atoms with Gasteiger partial charge in [-0.05, 0) is 75.4 Å². The van der Waals surface area contributed by atoms with Gasteiger partial charge in [-0.3, -0.25) is 9.69 Å². The minimum Gasteiger partial charge on any atom is -0.355 e. The second-order valence-corrected chi connectivity index (χ2v) is 7.04. The van der Waals surface area contributed by atoms with Crippen molar-refractivity contribution in [2.24, 2.45) is 5.92 Å². The monoisotopic (exact) mass is 333 g/mol. The topological polar surface area (TPSA) is 44.4 Å². The lowest BCUT2D eigenvalue weighted by atomic mass is 9.88. The predicted molar refractivity (Wildman–Crippen MR) is 93.3 cm³/mol. The SMILES string of the molecule is O=C(CN1CCC(C2CCCN2)CC1)NCCc1ccc(F)cc1. The van der Waals surface area contributed by atoms with Crippen LogP contribution in [0.2, 0.25) is 0 Å². The fourth-order valence-corrected chi connectivity index (χ4v) is 3.88. The molecule has 1 unspecified atom stereocenters. The molecule has 1 amide bonds. The lowest BCUT2D eigenvalue weighted by molar-refractivity contribution is -0.122. The van der Waals surface area contributed by atoms with Crippen LogP contribution < -0.4 is 10.6 Å². The molecule has 24 heavy (non-hydrogen) atoms. The normalized spacial score (nSPS) is 22.6. The average molecular weight is 333 g/mol. The Labute approximate surface area is 143 Å². The fraction of sp³-hybridized carbons (Fsp3) is 0.632. The summed E-state index contributed by atoms with van der Waals surface area (Å²) >= 11 is 0. The molecule has 132 valence electrons. The van der Waals surface area contributed by atoms with Gasteiger partial charge in [0.15, 0.2) is 0 Å². The van der Waals surface area contributed by atoms with Crippen molar-refractivity contribution < 1.29 is 9.18 Å². The van der Waals surface area contributed by atoms with Crippen molar-refractivity contribution >= 4 is 5.91 Å². The number of hydrogen-bond acceptors (Lipinski definition) is 3. The van der Waals surface area contributed by atoms with Crippen LogP contribution in [0.3, 0.4) is 0 Å². The summed E-state index contributed by atoms with van der Waals surface area (Å²) in [6.07, 6.45) is 5.75. The zero-order valence-electron chi connectivity index (χ0n) is 14.3. The third kappa shape index (κ3) is 5.02. The minimum atomic E-state index is -0.223. The maximum atomic E-state index is 12.8. The highest BCUT2D eigenvalue weighted by atomic mass is 19.1. The molecule has 2 fully saturated rings. The van der Waals surface area contributed by atoms with Crippen LogP contribution >= 0.6 is 0 Å². The van der Waals surface area contributed by atoms with E-state index in [2.05, 4.69) is 15.5 Å². The molecule has 4 nitrogen and oxygen atoms in total. The molecule has 2 aliphatic rings. The molecule has 1 aromatic rings. The summed E-state index contributed by atoms with van der Waals surface area (Å²) in [6.45, 7) is 4.31. The number of benzene rings is 1. The van der Waals surface area contributed by atoms with Crippen LogP contribution in [0.4, 0.5) is 4.39 Å². The van der Waals surface area contributed by atoms with Crippen LogP contribution in [-0.2, 0) is 11.2 Å². The Morgan fingerprint density at radius 1 is 1.21 bits per heavy atom. The maximum absolute atomic E-state index is 12.8. The van der Waals surface area contributed by atoms with Gasteiger partial charge in [-0.15, -0.1) is 0 Å². The Hall–Kier alpha value is -1.46. The molecule has 1 atom stereocenters. The molecule has 5 heteroatoms. The van der Waals surface area contributed by atoms with E-state index in [0.717, 1.165) is 31.0 Å². The van der Waals surface area contributed by atoms with Gasteiger partial charge >= 0.3 is 0 Å². The Balaban J connectivity index is 1.31. The molecule has 2 N–H and O–H groups in total. The van der Waals surface area contributed by atoms with E-state index in [1.807, 2.05) is 0 Å². The van der Waals surface area contributed by atoms with Crippen molar-refractivity contribution in [2.45, 2.75) is 38.1 Å². The Morgan fingerprint density at radius 2 is 1.96 bits per heavy atom. The van der Waals surface area contributed by atoms with Crippen molar-refractivity contribution in [3.05, 3.63) is 35.6 Å². The zero-order chi connectivity index (χ0) is 16.8. The number of piperidine rings is 1. The highest BCUT2D eigenvalue weighted by molar-refractivity contribution is 5.78. The third-order valence-corrected chi connectivity index (χ3v) is 5.32. The van der Waals surface area contributed by atoms with Crippen LogP contribution in [0.15, 0.2) is 24.3 Å². The minimum absolute atomic E-state index is 0.0922. The van der Waals surface area contributed by atoms with Crippen LogP contribution in [-0.4, -0.2) is 49.6 Å². The van der Waals surface area contributed by atoms with Gasteiger partial charge in [0, 0.05) is 12.6 Å². The van der Waals surface area contributed by atoms with Gasteiger partial charge in [0.2, 0.25) is 5.91 Å². The van der Waals surface area contributed by atoms with Crippen molar-refractivity contribution in [1.82, 2.24) is 15.5 Å². The van der Waals surface area contributed by atoms with Crippen LogP contribution in [0.5, 0.6) is 0 Å². The number of likely N-dealkylation sites (tertiary alicyclic amines) is 1. The van der Waals surface area contributed by atoms with Gasteiger partial charge in [-0.1, -0.05) is 12.1 Å². The number of carbonyl (C=O) groups excluding carboxylic acids is 1. The van der Waals surface area contributed by atoms with Crippen LogP contribution in [0.25, 0.3) is 0 Å². The first-order chi connectivity index (χ1) is 11.7. The van der Waals surface area contributed by atoms with Gasteiger partial charge in [-0.2, -0.15) is 0 Å². The first-order valence-electron chi connectivity index (χ1n) is 9.17. The van der Waals surface area contributed by atoms with Crippen molar-refractivity contribution in [2.75, 3.05) is 32.7 Å². The second-order valence-electron chi connectivity index (χ2n) is 7.04. The van der Waals surface area contributed by atoms with E-state index in [4.69, 9.17) is 0 Å². The zero-order valence-corrected chi connectivity index (χ0v) is 14.3. The molecule has 0 bridgehead atoms. The van der Waals surface area contributed by atoms with Gasteiger partial charge in [-0.25, -0.2) is 4.39 Å².